The Morgan fingerprint density at radius 3 is 2.72 bits per heavy atom. The molecule has 4 heteroatoms. The van der Waals surface area contributed by atoms with E-state index in [2.05, 4.69) is 20.8 Å². The van der Waals surface area contributed by atoms with Crippen molar-refractivity contribution in [1.82, 2.24) is 9.78 Å². The predicted octanol–water partition coefficient (Wildman–Crippen LogP) is 4.44. The molecule has 2 atom stereocenters. The molecule has 0 radical (unpaired) electrons. The second-order valence-electron chi connectivity index (χ2n) is 8.46. The van der Waals surface area contributed by atoms with E-state index >= 15 is 0 Å². The summed E-state index contributed by atoms with van der Waals surface area (Å²) in [5, 5.41) is 4.89. The maximum absolute atomic E-state index is 13.7. The Morgan fingerprint density at radius 1 is 1.24 bits per heavy atom. The fraction of sp³-hybridized carbons (Fsp3) is 0.524. The van der Waals surface area contributed by atoms with E-state index in [1.807, 2.05) is 17.8 Å². The van der Waals surface area contributed by atoms with Crippen LogP contribution >= 0.6 is 0 Å². The summed E-state index contributed by atoms with van der Waals surface area (Å²) in [4.78, 5) is 12.5. The van der Waals surface area contributed by atoms with Gasteiger partial charge >= 0.3 is 0 Å². The summed E-state index contributed by atoms with van der Waals surface area (Å²) in [6, 6.07) is 6.75. The van der Waals surface area contributed by atoms with Gasteiger partial charge in [0.1, 0.15) is 11.6 Å². The van der Waals surface area contributed by atoms with Gasteiger partial charge in [-0.15, -0.1) is 0 Å². The van der Waals surface area contributed by atoms with Crippen LogP contribution in [-0.2, 0) is 23.7 Å². The number of ketones is 1. The summed E-state index contributed by atoms with van der Waals surface area (Å²) in [5.74, 6) is 0.459. The van der Waals surface area contributed by atoms with Gasteiger partial charge in [-0.3, -0.25) is 9.48 Å². The van der Waals surface area contributed by atoms with Gasteiger partial charge in [0.15, 0.2) is 0 Å². The summed E-state index contributed by atoms with van der Waals surface area (Å²) < 4.78 is 15.6. The van der Waals surface area contributed by atoms with Crippen molar-refractivity contribution in [3.05, 3.63) is 41.3 Å². The van der Waals surface area contributed by atoms with Crippen LogP contribution in [-0.4, -0.2) is 15.6 Å². The summed E-state index contributed by atoms with van der Waals surface area (Å²) in [6.45, 7) is 6.46. The van der Waals surface area contributed by atoms with Crippen LogP contribution in [0.25, 0.3) is 11.3 Å². The molecular formula is C21H25FN2O. The topological polar surface area (TPSA) is 34.9 Å². The first kappa shape index (κ1) is 16.5. The number of hydrogen-bond acceptors (Lipinski definition) is 2. The zero-order valence-electron chi connectivity index (χ0n) is 15.4. The van der Waals surface area contributed by atoms with Gasteiger partial charge in [0.25, 0.3) is 0 Å². The van der Waals surface area contributed by atoms with Crippen molar-refractivity contribution in [2.75, 3.05) is 0 Å². The zero-order valence-corrected chi connectivity index (χ0v) is 15.4. The Balaban J connectivity index is 1.88. The number of rotatable bonds is 1. The normalized spacial score (nSPS) is 27.7. The van der Waals surface area contributed by atoms with E-state index in [0.29, 0.717) is 18.1 Å². The number of nitrogens with zero attached hydrogens (tertiary/aromatic N) is 2. The van der Waals surface area contributed by atoms with E-state index < -0.39 is 0 Å². The summed E-state index contributed by atoms with van der Waals surface area (Å²) in [5.41, 5.74) is 3.85. The lowest BCUT2D eigenvalue weighted by Gasteiger charge is -2.51. The van der Waals surface area contributed by atoms with Gasteiger partial charge in [-0.05, 0) is 37.3 Å². The summed E-state index contributed by atoms with van der Waals surface area (Å²) >= 11 is 0. The quantitative estimate of drug-likeness (QED) is 0.769. The highest BCUT2D eigenvalue weighted by Gasteiger charge is 2.55. The lowest BCUT2D eigenvalue weighted by atomic mass is 9.51. The van der Waals surface area contributed by atoms with E-state index in [9.17, 15) is 9.18 Å². The molecule has 132 valence electrons. The molecular weight excluding hydrogens is 315 g/mol. The van der Waals surface area contributed by atoms with Crippen molar-refractivity contribution < 1.29 is 9.18 Å². The Bertz CT molecular complexity index is 867. The van der Waals surface area contributed by atoms with Crippen LogP contribution in [0.2, 0.25) is 0 Å². The van der Waals surface area contributed by atoms with Gasteiger partial charge in [0.05, 0.1) is 11.4 Å². The number of fused-ring (bicyclic) bond motifs is 3. The second kappa shape index (κ2) is 5.26. The summed E-state index contributed by atoms with van der Waals surface area (Å²) in [7, 11) is 1.94. The highest BCUT2D eigenvalue weighted by molar-refractivity contribution is 5.86. The summed E-state index contributed by atoms with van der Waals surface area (Å²) in [6.07, 6.45) is 3.35. The highest BCUT2D eigenvalue weighted by atomic mass is 19.1. The number of aromatic nitrogens is 2. The van der Waals surface area contributed by atoms with Crippen molar-refractivity contribution in [2.24, 2.45) is 18.4 Å². The Labute approximate surface area is 148 Å². The molecule has 0 bridgehead atoms. The third kappa shape index (κ3) is 2.22. The number of Topliss-reactive ketones (excluding diaryl/α,β-unsaturated/α-hetero) is 1. The maximum atomic E-state index is 13.7. The molecule has 1 heterocycles. The fourth-order valence-corrected chi connectivity index (χ4v) is 5.37. The van der Waals surface area contributed by atoms with Crippen molar-refractivity contribution in [3.63, 3.8) is 0 Å². The third-order valence-corrected chi connectivity index (χ3v) is 6.70. The fourth-order valence-electron chi connectivity index (χ4n) is 5.37. The minimum atomic E-state index is -0.304. The molecule has 1 aromatic heterocycles. The predicted molar refractivity (Wildman–Crippen MR) is 95.8 cm³/mol. The van der Waals surface area contributed by atoms with Crippen LogP contribution in [0.4, 0.5) is 4.39 Å². The molecule has 1 saturated carbocycles. The molecule has 2 aliphatic carbocycles. The number of halogens is 1. The Morgan fingerprint density at radius 2 is 2.00 bits per heavy atom. The number of benzene rings is 1. The maximum Gasteiger partial charge on any atom is 0.138 e. The van der Waals surface area contributed by atoms with Crippen molar-refractivity contribution in [1.29, 1.82) is 0 Å². The molecule has 3 nitrogen and oxygen atoms in total. The first-order valence-corrected chi connectivity index (χ1v) is 9.11. The van der Waals surface area contributed by atoms with Crippen molar-refractivity contribution >= 4 is 5.78 Å². The first-order chi connectivity index (χ1) is 11.7. The molecule has 0 amide bonds. The molecule has 1 aromatic carbocycles. The van der Waals surface area contributed by atoms with Crippen LogP contribution in [0.1, 0.15) is 51.3 Å². The molecule has 0 saturated heterocycles. The zero-order chi connectivity index (χ0) is 18.0. The third-order valence-electron chi connectivity index (χ3n) is 6.70. The number of carbonyl (C=O) groups excluding carboxylic acids is 1. The van der Waals surface area contributed by atoms with Crippen molar-refractivity contribution in [2.45, 2.75) is 51.9 Å². The molecule has 4 rings (SSSR count). The SMILES string of the molecule is Cn1nc2c(c1-c1cccc(F)c1)CC[C@H]1C(C)(C)C(=O)CC[C@]21C. The smallest absolute Gasteiger partial charge is 0.138 e. The molecule has 25 heavy (non-hydrogen) atoms. The first-order valence-electron chi connectivity index (χ1n) is 9.11. The van der Waals surface area contributed by atoms with Gasteiger partial charge in [-0.2, -0.15) is 5.10 Å². The van der Waals surface area contributed by atoms with Crippen LogP contribution < -0.4 is 0 Å². The average Bonchev–Trinajstić information content (AvgIpc) is 2.89. The van der Waals surface area contributed by atoms with E-state index in [1.165, 1.54) is 11.6 Å². The monoisotopic (exact) mass is 340 g/mol. The minimum Gasteiger partial charge on any atom is -0.299 e. The van der Waals surface area contributed by atoms with E-state index in [4.69, 9.17) is 5.10 Å². The number of aryl methyl sites for hydroxylation is 1. The van der Waals surface area contributed by atoms with Crippen LogP contribution in [0.3, 0.4) is 0 Å². The van der Waals surface area contributed by atoms with Gasteiger partial charge < -0.3 is 0 Å². The largest absolute Gasteiger partial charge is 0.299 e. The van der Waals surface area contributed by atoms with E-state index in [1.54, 1.807) is 12.1 Å². The standard InChI is InChI=1S/C21H25FN2O/c1-20(2)16-9-8-15-18(13-6-5-7-14(22)12-13)24(4)23-19(15)21(16,3)11-10-17(20)25/h5-7,12,16H,8-11H2,1-4H3/t16-,21-/m0/s1. The van der Waals surface area contributed by atoms with E-state index in [-0.39, 0.29) is 16.6 Å². The molecule has 1 fully saturated rings. The van der Waals surface area contributed by atoms with Gasteiger partial charge in [-0.1, -0.05) is 32.9 Å². The van der Waals surface area contributed by atoms with Crippen LogP contribution in [0.15, 0.2) is 24.3 Å². The van der Waals surface area contributed by atoms with Gasteiger partial charge in [-0.25, -0.2) is 4.39 Å². The lowest BCUT2D eigenvalue weighted by Crippen LogP contribution is -2.52. The Kier molecular flexibility index (Phi) is 3.47. The number of carbonyl (C=O) groups is 1. The Hall–Kier alpha value is -1.97. The van der Waals surface area contributed by atoms with Gasteiger partial charge in [0, 0.05) is 35.4 Å². The van der Waals surface area contributed by atoms with Gasteiger partial charge in [0.2, 0.25) is 0 Å². The molecule has 2 aliphatic rings. The number of hydrogen-bond donors (Lipinski definition) is 0. The van der Waals surface area contributed by atoms with E-state index in [0.717, 1.165) is 36.2 Å². The lowest BCUT2D eigenvalue weighted by molar-refractivity contribution is -0.137. The molecule has 0 unspecified atom stereocenters. The molecule has 0 N–H and O–H groups in total. The molecule has 0 aliphatic heterocycles. The van der Waals surface area contributed by atoms with Crippen LogP contribution in [0, 0.1) is 17.2 Å². The van der Waals surface area contributed by atoms with Crippen LogP contribution in [0.5, 0.6) is 0 Å². The highest BCUT2D eigenvalue weighted by Crippen LogP contribution is 2.56. The molecule has 2 aromatic rings. The second-order valence-corrected chi connectivity index (χ2v) is 8.46. The molecule has 0 spiro atoms. The average molecular weight is 340 g/mol. The van der Waals surface area contributed by atoms with Crippen molar-refractivity contribution in [3.8, 4) is 11.3 Å². The minimum absolute atomic E-state index is 0.0890.